The van der Waals surface area contributed by atoms with Crippen molar-refractivity contribution in [3.8, 4) is 0 Å². The number of carbonyl (C=O) groups excluding carboxylic acids is 1. The molecule has 2 rings (SSSR count). The van der Waals surface area contributed by atoms with E-state index in [9.17, 15) is 4.79 Å². The predicted octanol–water partition coefficient (Wildman–Crippen LogP) is 3.88. The molecule has 22 heavy (non-hydrogen) atoms. The van der Waals surface area contributed by atoms with E-state index in [1.807, 2.05) is 6.92 Å². The van der Waals surface area contributed by atoms with Crippen LogP contribution in [0.15, 0.2) is 24.3 Å². The van der Waals surface area contributed by atoms with Crippen LogP contribution in [0.5, 0.6) is 0 Å². The summed E-state index contributed by atoms with van der Waals surface area (Å²) in [7, 11) is 0. The zero-order valence-corrected chi connectivity index (χ0v) is 14.5. The summed E-state index contributed by atoms with van der Waals surface area (Å²) < 4.78 is 5.11. The smallest absolute Gasteiger partial charge is 0.308 e. The van der Waals surface area contributed by atoms with E-state index in [2.05, 4.69) is 36.5 Å². The summed E-state index contributed by atoms with van der Waals surface area (Å²) in [5.41, 5.74) is 2.72. The molecule has 0 saturated heterocycles. The highest BCUT2D eigenvalue weighted by Crippen LogP contribution is 2.29. The number of halogens is 1. The van der Waals surface area contributed by atoms with Crippen LogP contribution >= 0.6 is 12.4 Å². The molecule has 3 nitrogen and oxygen atoms in total. The number of aryl methyl sites for hydroxylation is 1. The lowest BCUT2D eigenvalue weighted by Gasteiger charge is -2.27. The van der Waals surface area contributed by atoms with Gasteiger partial charge in [-0.05, 0) is 63.1 Å². The number of benzene rings is 1. The largest absolute Gasteiger partial charge is 0.466 e. The molecule has 0 aliphatic heterocycles. The van der Waals surface area contributed by atoms with Crippen molar-refractivity contribution in [1.82, 2.24) is 5.32 Å². The minimum Gasteiger partial charge on any atom is -0.466 e. The molecule has 1 N–H and O–H groups in total. The average Bonchev–Trinajstić information content (AvgIpc) is 2.50. The monoisotopic (exact) mass is 325 g/mol. The van der Waals surface area contributed by atoms with Crippen molar-refractivity contribution in [3.05, 3.63) is 35.4 Å². The molecule has 0 atom stereocenters. The molecule has 1 fully saturated rings. The number of hydrogen-bond acceptors (Lipinski definition) is 3. The van der Waals surface area contributed by atoms with Crippen LogP contribution in [-0.4, -0.2) is 19.1 Å². The highest BCUT2D eigenvalue weighted by Gasteiger charge is 2.26. The van der Waals surface area contributed by atoms with E-state index in [1.165, 1.54) is 11.1 Å². The van der Waals surface area contributed by atoms with Crippen molar-refractivity contribution in [2.24, 2.45) is 11.8 Å². The molecule has 0 radical (unpaired) electrons. The van der Waals surface area contributed by atoms with E-state index in [0.29, 0.717) is 12.5 Å². The molecule has 1 aromatic rings. The van der Waals surface area contributed by atoms with E-state index < -0.39 is 0 Å². The molecule has 1 aromatic carbocycles. The SMILES string of the molecule is CCOC(=O)C1CCC(CNCc2ccccc2C)CC1.Cl. The maximum absolute atomic E-state index is 11.7. The molecule has 0 aromatic heterocycles. The van der Waals surface area contributed by atoms with Gasteiger partial charge in [0.15, 0.2) is 0 Å². The Morgan fingerprint density at radius 1 is 1.23 bits per heavy atom. The maximum Gasteiger partial charge on any atom is 0.308 e. The minimum absolute atomic E-state index is 0. The second kappa shape index (κ2) is 9.86. The van der Waals surface area contributed by atoms with Gasteiger partial charge < -0.3 is 10.1 Å². The maximum atomic E-state index is 11.7. The normalized spacial score (nSPS) is 21.0. The van der Waals surface area contributed by atoms with Crippen LogP contribution in [0.1, 0.15) is 43.7 Å². The summed E-state index contributed by atoms with van der Waals surface area (Å²) in [5.74, 6) is 0.834. The van der Waals surface area contributed by atoms with Gasteiger partial charge in [0.25, 0.3) is 0 Å². The fourth-order valence-electron chi connectivity index (χ4n) is 3.08. The van der Waals surface area contributed by atoms with Gasteiger partial charge in [0.2, 0.25) is 0 Å². The standard InChI is InChI=1S/C18H27NO2.ClH/c1-3-21-18(20)16-10-8-15(9-11-16)12-19-13-17-7-5-4-6-14(17)2;/h4-7,15-16,19H,3,8-13H2,1-2H3;1H. The first-order chi connectivity index (χ1) is 10.2. The molecule has 124 valence electrons. The first kappa shape index (κ1) is 19.0. The third-order valence-corrected chi connectivity index (χ3v) is 4.48. The number of rotatable bonds is 6. The van der Waals surface area contributed by atoms with Crippen molar-refractivity contribution >= 4 is 18.4 Å². The second-order valence-corrected chi connectivity index (χ2v) is 6.03. The van der Waals surface area contributed by atoms with Crippen LogP contribution in [-0.2, 0) is 16.1 Å². The van der Waals surface area contributed by atoms with Gasteiger partial charge in [0.1, 0.15) is 0 Å². The van der Waals surface area contributed by atoms with Crippen LogP contribution in [0.4, 0.5) is 0 Å². The van der Waals surface area contributed by atoms with Crippen molar-refractivity contribution < 1.29 is 9.53 Å². The summed E-state index contributed by atoms with van der Waals surface area (Å²) in [5, 5.41) is 3.57. The number of esters is 1. The Morgan fingerprint density at radius 3 is 2.55 bits per heavy atom. The Balaban J connectivity index is 0.00000242. The van der Waals surface area contributed by atoms with E-state index in [-0.39, 0.29) is 24.3 Å². The molecule has 0 heterocycles. The Labute approximate surface area is 140 Å². The van der Waals surface area contributed by atoms with Gasteiger partial charge in [-0.25, -0.2) is 0 Å². The second-order valence-electron chi connectivity index (χ2n) is 6.03. The first-order valence-electron chi connectivity index (χ1n) is 8.12. The van der Waals surface area contributed by atoms with Gasteiger partial charge in [0, 0.05) is 6.54 Å². The van der Waals surface area contributed by atoms with E-state index in [1.54, 1.807) is 0 Å². The summed E-state index contributed by atoms with van der Waals surface area (Å²) in [4.78, 5) is 11.7. The Morgan fingerprint density at radius 2 is 1.91 bits per heavy atom. The number of hydrogen-bond donors (Lipinski definition) is 1. The zero-order chi connectivity index (χ0) is 15.1. The summed E-state index contributed by atoms with van der Waals surface area (Å²) in [6, 6.07) is 8.51. The molecule has 4 heteroatoms. The summed E-state index contributed by atoms with van der Waals surface area (Å²) >= 11 is 0. The van der Waals surface area contributed by atoms with Gasteiger partial charge in [-0.1, -0.05) is 24.3 Å². The molecule has 0 spiro atoms. The van der Waals surface area contributed by atoms with E-state index in [4.69, 9.17) is 4.74 Å². The van der Waals surface area contributed by atoms with Gasteiger partial charge in [-0.15, -0.1) is 12.4 Å². The predicted molar refractivity (Wildman–Crippen MR) is 92.2 cm³/mol. The van der Waals surface area contributed by atoms with Crippen molar-refractivity contribution in [2.45, 2.75) is 46.1 Å². The molecule has 0 unspecified atom stereocenters. The van der Waals surface area contributed by atoms with Gasteiger partial charge in [-0.2, -0.15) is 0 Å². The van der Waals surface area contributed by atoms with Crippen LogP contribution in [0.2, 0.25) is 0 Å². The van der Waals surface area contributed by atoms with Gasteiger partial charge in [-0.3, -0.25) is 4.79 Å². The van der Waals surface area contributed by atoms with Crippen LogP contribution in [0.3, 0.4) is 0 Å². The quantitative estimate of drug-likeness (QED) is 0.807. The summed E-state index contributed by atoms with van der Waals surface area (Å²) in [6.45, 7) is 6.51. The highest BCUT2D eigenvalue weighted by molar-refractivity contribution is 5.85. The average molecular weight is 326 g/mol. The molecular formula is C18H28ClNO2. The van der Waals surface area contributed by atoms with Crippen molar-refractivity contribution in [2.75, 3.05) is 13.2 Å². The fourth-order valence-corrected chi connectivity index (χ4v) is 3.08. The molecule has 0 bridgehead atoms. The minimum atomic E-state index is 0. The summed E-state index contributed by atoms with van der Waals surface area (Å²) in [6.07, 6.45) is 4.22. The van der Waals surface area contributed by atoms with E-state index >= 15 is 0 Å². The Kier molecular flexibility index (Phi) is 8.51. The zero-order valence-electron chi connectivity index (χ0n) is 13.6. The lowest BCUT2D eigenvalue weighted by atomic mass is 9.82. The Hall–Kier alpha value is -1.06. The Bertz CT molecular complexity index is 456. The van der Waals surface area contributed by atoms with Crippen LogP contribution < -0.4 is 5.32 Å². The van der Waals surface area contributed by atoms with Crippen molar-refractivity contribution in [3.63, 3.8) is 0 Å². The molecule has 0 amide bonds. The molecule has 1 saturated carbocycles. The van der Waals surface area contributed by atoms with Gasteiger partial charge in [0.05, 0.1) is 12.5 Å². The number of carbonyl (C=O) groups is 1. The van der Waals surface area contributed by atoms with Gasteiger partial charge >= 0.3 is 5.97 Å². The first-order valence-corrected chi connectivity index (χ1v) is 8.12. The lowest BCUT2D eigenvalue weighted by molar-refractivity contribution is -0.149. The lowest BCUT2D eigenvalue weighted by Crippen LogP contribution is -2.29. The third kappa shape index (κ3) is 5.62. The topological polar surface area (TPSA) is 38.3 Å². The molecule has 1 aliphatic carbocycles. The van der Waals surface area contributed by atoms with Crippen LogP contribution in [0.25, 0.3) is 0 Å². The van der Waals surface area contributed by atoms with E-state index in [0.717, 1.165) is 38.8 Å². The molecule has 1 aliphatic rings. The highest BCUT2D eigenvalue weighted by atomic mass is 35.5. The van der Waals surface area contributed by atoms with Crippen molar-refractivity contribution in [1.29, 1.82) is 0 Å². The number of nitrogens with one attached hydrogen (secondary N) is 1. The molecular weight excluding hydrogens is 298 g/mol. The van der Waals surface area contributed by atoms with Crippen LogP contribution in [0, 0.1) is 18.8 Å². The fraction of sp³-hybridized carbons (Fsp3) is 0.611. The number of ether oxygens (including phenoxy) is 1. The third-order valence-electron chi connectivity index (χ3n) is 4.48.